The third kappa shape index (κ3) is 1.11. The minimum atomic E-state index is -0.705. The van der Waals surface area contributed by atoms with Crippen molar-refractivity contribution in [2.45, 2.75) is 37.0 Å². The van der Waals surface area contributed by atoms with E-state index in [4.69, 9.17) is 0 Å². The van der Waals surface area contributed by atoms with Crippen molar-refractivity contribution in [2.24, 2.45) is 0 Å². The number of likely N-dealkylation sites (tertiary alicyclic amines) is 2. The highest BCUT2D eigenvalue weighted by Gasteiger charge is 3.22. The van der Waals surface area contributed by atoms with Gasteiger partial charge in [-0.15, -0.1) is 0 Å². The summed E-state index contributed by atoms with van der Waals surface area (Å²) in [6, 6.07) is 2.76. The van der Waals surface area contributed by atoms with Gasteiger partial charge in [0.2, 0.25) is 5.91 Å². The van der Waals surface area contributed by atoms with E-state index in [9.17, 15) is 9.59 Å². The molecule has 2 unspecified atom stereocenters. The normalized spacial score (nSPS) is 43.2. The lowest BCUT2D eigenvalue weighted by molar-refractivity contribution is -0.856. The van der Waals surface area contributed by atoms with E-state index in [2.05, 4.69) is 28.2 Å². The molecule has 0 aromatic heterocycles. The first-order chi connectivity index (χ1) is 9.50. The molecule has 0 aromatic carbocycles. The Bertz CT molecular complexity index is 664. The van der Waals surface area contributed by atoms with E-state index in [1.807, 2.05) is 18.7 Å². The van der Waals surface area contributed by atoms with E-state index < -0.39 is 5.54 Å². The van der Waals surface area contributed by atoms with Crippen molar-refractivity contribution >= 4 is 11.8 Å². The smallest absolute Gasteiger partial charge is 0.321 e. The highest BCUT2D eigenvalue weighted by atomic mass is 35.5. The van der Waals surface area contributed by atoms with Crippen LogP contribution in [-0.2, 0) is 9.59 Å². The van der Waals surface area contributed by atoms with Crippen LogP contribution in [0.2, 0.25) is 0 Å². The molecule has 0 spiro atoms. The molecule has 4 heterocycles. The Hall–Kier alpha value is -0.560. The van der Waals surface area contributed by atoms with Gasteiger partial charge in [-0.25, -0.2) is 0 Å². The fourth-order valence-electron chi connectivity index (χ4n) is 6.12. The Balaban J connectivity index is 0.000000781. The molecule has 5 aliphatic rings. The van der Waals surface area contributed by atoms with Gasteiger partial charge < -0.3 is 29.7 Å². The fraction of sp³-hybridized carbons (Fsp3) is 0.733. The van der Waals surface area contributed by atoms with Crippen LogP contribution >= 0.6 is 0 Å². The second-order valence-corrected chi connectivity index (χ2v) is 8.57. The molecule has 2 bridgehead atoms. The zero-order valence-corrected chi connectivity index (χ0v) is 15.8. The van der Waals surface area contributed by atoms with Crippen molar-refractivity contribution in [3.8, 4) is 0 Å². The van der Waals surface area contributed by atoms with Crippen molar-refractivity contribution in [1.82, 2.24) is 9.80 Å². The summed E-state index contributed by atoms with van der Waals surface area (Å²) < 4.78 is 1.55. The SMILES string of the molecule is CC1(C)C(=O)N2CN1C(=O)CC13[C]4[C](C21[N+]3(C)C)[N+]4(C)C.[Cl-].[Cl-]. The summed E-state index contributed by atoms with van der Waals surface area (Å²) in [6.45, 7) is 4.20. The first-order valence-electron chi connectivity index (χ1n) is 7.58. The molecule has 0 N–H and O–H groups in total. The van der Waals surface area contributed by atoms with Crippen LogP contribution in [0.15, 0.2) is 0 Å². The highest BCUT2D eigenvalue weighted by molar-refractivity contribution is 5.98. The second kappa shape index (κ2) is 3.66. The molecule has 4 aliphatic heterocycles. The van der Waals surface area contributed by atoms with Gasteiger partial charge in [-0.2, -0.15) is 0 Å². The molecule has 0 aromatic rings. The maximum absolute atomic E-state index is 13.0. The van der Waals surface area contributed by atoms with Crippen LogP contribution in [0.1, 0.15) is 20.3 Å². The number of nitrogens with zero attached hydrogens (tertiary/aromatic N) is 4. The molecule has 1 aliphatic carbocycles. The number of piperazine rings is 1. The molecule has 1 saturated carbocycles. The zero-order chi connectivity index (χ0) is 15.4. The van der Waals surface area contributed by atoms with Gasteiger partial charge in [0.25, 0.3) is 11.4 Å². The van der Waals surface area contributed by atoms with Crippen LogP contribution in [0.25, 0.3) is 0 Å². The molecule has 4 saturated heterocycles. The van der Waals surface area contributed by atoms with E-state index in [0.29, 0.717) is 13.1 Å². The number of amides is 2. The Morgan fingerprint density at radius 1 is 0.957 bits per heavy atom. The van der Waals surface area contributed by atoms with Crippen LogP contribution < -0.4 is 24.8 Å². The summed E-state index contributed by atoms with van der Waals surface area (Å²) >= 11 is 0. The van der Waals surface area contributed by atoms with Gasteiger partial charge in [-0.3, -0.25) is 23.5 Å². The molecule has 5 rings (SSSR count). The van der Waals surface area contributed by atoms with Crippen LogP contribution in [0.5, 0.6) is 0 Å². The monoisotopic (exact) mass is 360 g/mol. The third-order valence-corrected chi connectivity index (χ3v) is 7.13. The summed E-state index contributed by atoms with van der Waals surface area (Å²) in [7, 11) is 8.70. The van der Waals surface area contributed by atoms with E-state index in [0.717, 1.165) is 8.97 Å². The van der Waals surface area contributed by atoms with Crippen molar-refractivity contribution in [1.29, 1.82) is 0 Å². The molecule has 5 fully saturated rings. The largest absolute Gasteiger partial charge is 1.00 e. The first-order valence-corrected chi connectivity index (χ1v) is 7.58. The van der Waals surface area contributed by atoms with Crippen molar-refractivity contribution in [2.75, 3.05) is 34.9 Å². The number of quaternary nitrogens is 2. The molecular weight excluding hydrogens is 339 g/mol. The maximum atomic E-state index is 13.0. The molecule has 2 atom stereocenters. The number of carbonyl (C=O) groups excluding carboxylic acids is 2. The molecule has 6 nitrogen and oxygen atoms in total. The van der Waals surface area contributed by atoms with Crippen LogP contribution in [0, 0.1) is 12.1 Å². The lowest BCUT2D eigenvalue weighted by Crippen LogP contribution is -3.00. The van der Waals surface area contributed by atoms with Gasteiger partial charge in [0.15, 0.2) is 0 Å². The summed E-state index contributed by atoms with van der Waals surface area (Å²) in [6.07, 6.45) is 0.535. The summed E-state index contributed by atoms with van der Waals surface area (Å²) in [5.74, 6) is 0.224. The Morgan fingerprint density at radius 3 is 2.09 bits per heavy atom. The van der Waals surface area contributed by atoms with Gasteiger partial charge in [-0.05, 0) is 13.8 Å². The fourth-order valence-corrected chi connectivity index (χ4v) is 6.12. The number of hydrogen-bond donors (Lipinski definition) is 0. The number of hydrogen-bond acceptors (Lipinski definition) is 2. The molecule has 2 amide bonds. The minimum Gasteiger partial charge on any atom is -1.00 e. The summed E-state index contributed by atoms with van der Waals surface area (Å²) in [5, 5.41) is 0. The topological polar surface area (TPSA) is 40.6 Å². The Kier molecular flexibility index (Phi) is 2.75. The second-order valence-electron chi connectivity index (χ2n) is 8.57. The number of rotatable bonds is 0. The minimum absolute atomic E-state index is 0. The molecular formula is C15H22Cl2N4O2. The average molecular weight is 361 g/mol. The zero-order valence-electron chi connectivity index (χ0n) is 14.3. The molecule has 128 valence electrons. The maximum Gasteiger partial charge on any atom is 0.321 e. The number of carbonyl (C=O) groups is 2. The number of halogens is 2. The lowest BCUT2D eigenvalue weighted by Gasteiger charge is -2.29. The first kappa shape index (κ1) is 17.3. The van der Waals surface area contributed by atoms with Gasteiger partial charge in [-0.1, -0.05) is 0 Å². The Labute approximate surface area is 149 Å². The summed E-state index contributed by atoms with van der Waals surface area (Å²) in [4.78, 5) is 29.6. The van der Waals surface area contributed by atoms with E-state index in [1.165, 1.54) is 12.1 Å². The van der Waals surface area contributed by atoms with Crippen molar-refractivity contribution in [3.63, 3.8) is 0 Å². The van der Waals surface area contributed by atoms with Crippen LogP contribution in [0.3, 0.4) is 0 Å². The van der Waals surface area contributed by atoms with E-state index in [1.54, 1.807) is 4.90 Å². The molecule has 23 heavy (non-hydrogen) atoms. The standard InChI is InChI=1S/C15H22N4O2.2ClH/c1-13(2)12(21)17-8-16(13)9(20)7-14-10-11(18(10,3)4)15(14,17)19(14,5)6;;/h7-8H2,1-6H3;2*1H/q+2;;/p-2. The number of fused-ring (bicyclic) bond motifs is 3. The summed E-state index contributed by atoms with van der Waals surface area (Å²) in [5.41, 5.74) is -1.13. The van der Waals surface area contributed by atoms with Gasteiger partial charge in [0.05, 0.1) is 34.6 Å². The van der Waals surface area contributed by atoms with E-state index in [-0.39, 0.29) is 47.8 Å². The highest BCUT2D eigenvalue weighted by Crippen LogP contribution is 2.93. The third-order valence-electron chi connectivity index (χ3n) is 7.13. The van der Waals surface area contributed by atoms with E-state index >= 15 is 0 Å². The lowest BCUT2D eigenvalue weighted by atomic mass is 9.75. The van der Waals surface area contributed by atoms with Crippen LogP contribution in [0.4, 0.5) is 0 Å². The van der Waals surface area contributed by atoms with Crippen molar-refractivity contribution in [3.05, 3.63) is 12.1 Å². The Morgan fingerprint density at radius 2 is 1.52 bits per heavy atom. The van der Waals surface area contributed by atoms with Gasteiger partial charge in [0, 0.05) is 0 Å². The molecule has 8 heteroatoms. The number of likely N-dealkylation sites (N-methyl/N-ethyl adjacent to an activating group) is 2. The quantitative estimate of drug-likeness (QED) is 0.318. The van der Waals surface area contributed by atoms with Crippen LogP contribution in [-0.4, -0.2) is 82.2 Å². The molecule has 2 radical (unpaired) electrons. The van der Waals surface area contributed by atoms with Gasteiger partial charge >= 0.3 is 17.7 Å². The van der Waals surface area contributed by atoms with Crippen molar-refractivity contribution < 1.29 is 43.4 Å². The average Bonchev–Trinajstić information content (AvgIpc) is 2.91. The predicted octanol–water partition coefficient (Wildman–Crippen LogP) is -6.50. The van der Waals surface area contributed by atoms with Gasteiger partial charge in [0.1, 0.15) is 12.2 Å². The predicted molar refractivity (Wildman–Crippen MR) is 73.4 cm³/mol.